The number of hydrogen-bond acceptors (Lipinski definition) is 7. The smallest absolute Gasteiger partial charge is 0.293 e. The molecular weight excluding hydrogens is 396 g/mol. The number of carbonyl (C=O) groups is 1. The van der Waals surface area contributed by atoms with E-state index in [1.807, 2.05) is 9.62 Å². The minimum absolute atomic E-state index is 0.0743. The van der Waals surface area contributed by atoms with Crippen LogP contribution < -0.4 is 15.4 Å². The maximum Gasteiger partial charge on any atom is 0.293 e. The summed E-state index contributed by atoms with van der Waals surface area (Å²) in [5.74, 6) is -0.924. The highest BCUT2D eigenvalue weighted by molar-refractivity contribution is 7.90. The van der Waals surface area contributed by atoms with Crippen LogP contribution in [-0.4, -0.2) is 38.9 Å². The van der Waals surface area contributed by atoms with Crippen LogP contribution in [-0.2, 0) is 16.4 Å². The molecule has 10 heteroatoms. The lowest BCUT2D eigenvalue weighted by molar-refractivity contribution is -0.384. The second kappa shape index (κ2) is 8.58. The van der Waals surface area contributed by atoms with E-state index in [1.54, 1.807) is 12.1 Å². The van der Waals surface area contributed by atoms with Crippen molar-refractivity contribution in [1.82, 2.24) is 4.72 Å². The summed E-state index contributed by atoms with van der Waals surface area (Å²) in [6, 6.07) is 10.0. The van der Waals surface area contributed by atoms with E-state index in [1.165, 1.54) is 24.3 Å². The summed E-state index contributed by atoms with van der Waals surface area (Å²) >= 11 is 0. The number of benzene rings is 2. The van der Waals surface area contributed by atoms with Gasteiger partial charge in [-0.3, -0.25) is 14.9 Å². The van der Waals surface area contributed by atoms with Gasteiger partial charge in [0.2, 0.25) is 0 Å². The van der Waals surface area contributed by atoms with Gasteiger partial charge in [0.25, 0.3) is 21.6 Å². The van der Waals surface area contributed by atoms with Crippen molar-refractivity contribution in [3.8, 4) is 0 Å². The zero-order valence-electron chi connectivity index (χ0n) is 15.7. The van der Waals surface area contributed by atoms with Gasteiger partial charge >= 0.3 is 0 Å². The number of nitro benzene ring substituents is 1. The van der Waals surface area contributed by atoms with E-state index in [2.05, 4.69) is 0 Å². The van der Waals surface area contributed by atoms with E-state index in [0.29, 0.717) is 31.7 Å². The molecule has 154 valence electrons. The molecule has 1 amide bonds. The third-order valence-electron chi connectivity index (χ3n) is 4.77. The standard InChI is InChI=1S/C19H22N4O5S/c20-10-9-14-3-6-16(7-4-14)29(27,28)21-19(24)15-5-8-17(18(13-15)23(25)26)22-11-1-2-12-22/h3-8,13H,1-2,9-12,20H2,(H,21,24). The molecule has 0 saturated carbocycles. The number of sulfonamides is 1. The molecule has 0 aliphatic carbocycles. The third-order valence-corrected chi connectivity index (χ3v) is 6.12. The fourth-order valence-electron chi connectivity index (χ4n) is 3.28. The molecule has 1 aliphatic rings. The largest absolute Gasteiger partial charge is 0.366 e. The quantitative estimate of drug-likeness (QED) is 0.517. The van der Waals surface area contributed by atoms with E-state index in [4.69, 9.17) is 5.73 Å². The van der Waals surface area contributed by atoms with Gasteiger partial charge in [-0.25, -0.2) is 13.1 Å². The Morgan fingerprint density at radius 3 is 2.38 bits per heavy atom. The monoisotopic (exact) mass is 418 g/mol. The van der Waals surface area contributed by atoms with E-state index in [0.717, 1.165) is 24.5 Å². The van der Waals surface area contributed by atoms with Crippen LogP contribution in [0.15, 0.2) is 47.4 Å². The highest BCUT2D eigenvalue weighted by Gasteiger charge is 2.25. The fourth-order valence-corrected chi connectivity index (χ4v) is 4.25. The lowest BCUT2D eigenvalue weighted by Gasteiger charge is -2.17. The van der Waals surface area contributed by atoms with Gasteiger partial charge in [0, 0.05) is 24.7 Å². The number of amides is 1. The minimum atomic E-state index is -4.11. The van der Waals surface area contributed by atoms with E-state index in [-0.39, 0.29) is 16.1 Å². The van der Waals surface area contributed by atoms with Crippen molar-refractivity contribution in [1.29, 1.82) is 0 Å². The second-order valence-electron chi connectivity index (χ2n) is 6.77. The van der Waals surface area contributed by atoms with Crippen LogP contribution in [0.5, 0.6) is 0 Å². The summed E-state index contributed by atoms with van der Waals surface area (Å²) in [6.45, 7) is 1.86. The first-order valence-corrected chi connectivity index (χ1v) is 10.7. The van der Waals surface area contributed by atoms with Crippen LogP contribution in [0.2, 0.25) is 0 Å². The van der Waals surface area contributed by atoms with Crippen LogP contribution in [0.3, 0.4) is 0 Å². The minimum Gasteiger partial charge on any atom is -0.366 e. The SMILES string of the molecule is NCCc1ccc(S(=O)(=O)NC(=O)c2ccc(N3CCCC3)c([N+](=O)[O-])c2)cc1. The van der Waals surface area contributed by atoms with Crippen molar-refractivity contribution >= 4 is 27.3 Å². The Hall–Kier alpha value is -2.98. The van der Waals surface area contributed by atoms with Gasteiger partial charge in [-0.05, 0) is 55.6 Å². The molecular formula is C19H22N4O5S. The summed E-state index contributed by atoms with van der Waals surface area (Å²) < 4.78 is 26.9. The molecule has 0 radical (unpaired) electrons. The van der Waals surface area contributed by atoms with Crippen molar-refractivity contribution in [2.45, 2.75) is 24.2 Å². The Balaban J connectivity index is 1.82. The molecule has 29 heavy (non-hydrogen) atoms. The normalized spacial score (nSPS) is 14.0. The first kappa shape index (κ1) is 20.7. The van der Waals surface area contributed by atoms with Gasteiger partial charge < -0.3 is 10.6 Å². The molecule has 1 aliphatic heterocycles. The Morgan fingerprint density at radius 2 is 1.79 bits per heavy atom. The maximum absolute atomic E-state index is 12.5. The van der Waals surface area contributed by atoms with Crippen LogP contribution in [0.25, 0.3) is 0 Å². The highest BCUT2D eigenvalue weighted by Crippen LogP contribution is 2.31. The van der Waals surface area contributed by atoms with Crippen molar-refractivity contribution < 1.29 is 18.1 Å². The van der Waals surface area contributed by atoms with Gasteiger partial charge in [-0.2, -0.15) is 0 Å². The number of anilines is 1. The van der Waals surface area contributed by atoms with Crippen molar-refractivity contribution in [2.24, 2.45) is 5.73 Å². The number of nitrogens with zero attached hydrogens (tertiary/aromatic N) is 2. The lowest BCUT2D eigenvalue weighted by atomic mass is 10.1. The van der Waals surface area contributed by atoms with Crippen LogP contribution in [0.4, 0.5) is 11.4 Å². The fraction of sp³-hybridized carbons (Fsp3) is 0.316. The van der Waals surface area contributed by atoms with Crippen molar-refractivity contribution in [2.75, 3.05) is 24.5 Å². The number of nitro groups is 1. The van der Waals surface area contributed by atoms with Gasteiger partial charge in [-0.1, -0.05) is 12.1 Å². The van der Waals surface area contributed by atoms with Crippen LogP contribution >= 0.6 is 0 Å². The summed E-state index contributed by atoms with van der Waals surface area (Å²) in [5.41, 5.74) is 6.47. The molecule has 2 aromatic carbocycles. The molecule has 0 spiro atoms. The van der Waals surface area contributed by atoms with Gasteiger partial charge in [0.15, 0.2) is 0 Å². The maximum atomic E-state index is 12.5. The Morgan fingerprint density at radius 1 is 1.14 bits per heavy atom. The first-order chi connectivity index (χ1) is 13.8. The summed E-state index contributed by atoms with van der Waals surface area (Å²) in [5, 5.41) is 11.5. The molecule has 3 N–H and O–H groups in total. The summed E-state index contributed by atoms with van der Waals surface area (Å²) in [6.07, 6.45) is 2.50. The predicted octanol–water partition coefficient (Wildman–Crippen LogP) is 1.81. The molecule has 0 aromatic heterocycles. The predicted molar refractivity (Wildman–Crippen MR) is 108 cm³/mol. The average Bonchev–Trinajstić information content (AvgIpc) is 3.22. The summed E-state index contributed by atoms with van der Waals surface area (Å²) in [7, 11) is -4.11. The number of carbonyl (C=O) groups excluding carboxylic acids is 1. The van der Waals surface area contributed by atoms with E-state index >= 15 is 0 Å². The molecule has 0 bridgehead atoms. The number of rotatable bonds is 7. The molecule has 2 aromatic rings. The Bertz CT molecular complexity index is 1020. The van der Waals surface area contributed by atoms with Crippen LogP contribution in [0.1, 0.15) is 28.8 Å². The zero-order chi connectivity index (χ0) is 21.0. The molecule has 1 fully saturated rings. The van der Waals surface area contributed by atoms with Gasteiger partial charge in [0.05, 0.1) is 9.82 Å². The van der Waals surface area contributed by atoms with Crippen molar-refractivity contribution in [3.05, 3.63) is 63.7 Å². The number of nitrogens with one attached hydrogen (secondary N) is 1. The topological polar surface area (TPSA) is 136 Å². The van der Waals surface area contributed by atoms with Crippen LogP contribution in [0, 0.1) is 10.1 Å². The Labute approximate surface area is 168 Å². The highest BCUT2D eigenvalue weighted by atomic mass is 32.2. The van der Waals surface area contributed by atoms with Crippen molar-refractivity contribution in [3.63, 3.8) is 0 Å². The first-order valence-electron chi connectivity index (χ1n) is 9.21. The second-order valence-corrected chi connectivity index (χ2v) is 8.45. The van der Waals surface area contributed by atoms with Gasteiger partial charge in [0.1, 0.15) is 5.69 Å². The number of nitrogens with two attached hydrogens (primary N) is 1. The molecule has 1 saturated heterocycles. The Kier molecular flexibility index (Phi) is 6.14. The lowest BCUT2D eigenvalue weighted by Crippen LogP contribution is -2.30. The molecule has 1 heterocycles. The zero-order valence-corrected chi connectivity index (χ0v) is 16.5. The molecule has 0 atom stereocenters. The molecule has 9 nitrogen and oxygen atoms in total. The van der Waals surface area contributed by atoms with E-state index < -0.39 is 20.9 Å². The number of hydrogen-bond donors (Lipinski definition) is 2. The molecule has 0 unspecified atom stereocenters. The summed E-state index contributed by atoms with van der Waals surface area (Å²) in [4.78, 5) is 25.2. The van der Waals surface area contributed by atoms with Gasteiger partial charge in [-0.15, -0.1) is 0 Å². The van der Waals surface area contributed by atoms with E-state index in [9.17, 15) is 23.3 Å². The average molecular weight is 418 g/mol. The molecule has 3 rings (SSSR count). The third kappa shape index (κ3) is 4.72.